The molecule has 2 rings (SSSR count). The minimum absolute atomic E-state index is 0.0136. The van der Waals surface area contributed by atoms with Gasteiger partial charge < -0.3 is 21.1 Å². The van der Waals surface area contributed by atoms with Crippen LogP contribution in [0.15, 0.2) is 18.2 Å². The largest absolute Gasteiger partial charge is 0.469 e. The van der Waals surface area contributed by atoms with Gasteiger partial charge in [-0.2, -0.15) is 0 Å². The summed E-state index contributed by atoms with van der Waals surface area (Å²) in [6.07, 6.45) is 0.140. The van der Waals surface area contributed by atoms with Gasteiger partial charge in [-0.15, -0.1) is 0 Å². The second-order valence-electron chi connectivity index (χ2n) is 4.84. The number of ether oxygens (including phenoxy) is 1. The molecule has 1 aliphatic heterocycles. The molecule has 112 valence electrons. The summed E-state index contributed by atoms with van der Waals surface area (Å²) in [6.45, 7) is 0.218. The Balaban J connectivity index is 2.20. The first-order valence-electron chi connectivity index (χ1n) is 6.50. The Labute approximate surface area is 121 Å². The maximum atomic E-state index is 12.4. The molecule has 7 nitrogen and oxygen atoms in total. The number of carbonyl (C=O) groups excluding carboxylic acids is 3. The van der Waals surface area contributed by atoms with Gasteiger partial charge in [0.1, 0.15) is 6.04 Å². The molecule has 1 unspecified atom stereocenters. The Morgan fingerprint density at radius 1 is 1.43 bits per heavy atom. The molecule has 1 heterocycles. The molecule has 0 spiro atoms. The van der Waals surface area contributed by atoms with Crippen LogP contribution in [0.25, 0.3) is 0 Å². The van der Waals surface area contributed by atoms with E-state index in [1.807, 2.05) is 0 Å². The number of carbonyl (C=O) groups is 3. The van der Waals surface area contributed by atoms with Gasteiger partial charge in [-0.25, -0.2) is 0 Å². The summed E-state index contributed by atoms with van der Waals surface area (Å²) in [7, 11) is 1.26. The lowest BCUT2D eigenvalue weighted by Gasteiger charge is -2.24. The number of hydrogen-bond donors (Lipinski definition) is 2. The molecular formula is C14H17N3O4. The van der Waals surface area contributed by atoms with Gasteiger partial charge in [0.05, 0.1) is 7.11 Å². The summed E-state index contributed by atoms with van der Waals surface area (Å²) in [5.74, 6) is -1.41. The highest BCUT2D eigenvalue weighted by Crippen LogP contribution is 2.29. The maximum Gasteiger partial charge on any atom is 0.305 e. The SMILES string of the molecule is COC(=O)CCC(C(N)=O)N1Cc2c(N)cccc2C1=O. The van der Waals surface area contributed by atoms with E-state index in [1.54, 1.807) is 18.2 Å². The molecule has 0 aromatic heterocycles. The van der Waals surface area contributed by atoms with Gasteiger partial charge in [0.15, 0.2) is 0 Å². The maximum absolute atomic E-state index is 12.4. The highest BCUT2D eigenvalue weighted by Gasteiger charge is 2.36. The van der Waals surface area contributed by atoms with E-state index >= 15 is 0 Å². The molecule has 1 aliphatic rings. The van der Waals surface area contributed by atoms with E-state index in [1.165, 1.54) is 12.0 Å². The molecule has 0 fully saturated rings. The third kappa shape index (κ3) is 2.81. The van der Waals surface area contributed by atoms with Crippen LogP contribution in [0.2, 0.25) is 0 Å². The molecule has 7 heteroatoms. The molecule has 2 amide bonds. The van der Waals surface area contributed by atoms with Crippen LogP contribution in [0, 0.1) is 0 Å². The second kappa shape index (κ2) is 5.82. The minimum atomic E-state index is -0.858. The number of nitrogens with two attached hydrogens (primary N) is 2. The number of nitrogens with zero attached hydrogens (tertiary/aromatic N) is 1. The van der Waals surface area contributed by atoms with E-state index in [0.29, 0.717) is 16.8 Å². The van der Waals surface area contributed by atoms with Crippen LogP contribution in [-0.4, -0.2) is 35.8 Å². The first kappa shape index (κ1) is 14.8. The van der Waals surface area contributed by atoms with Gasteiger partial charge in [0.25, 0.3) is 5.91 Å². The molecule has 1 aromatic carbocycles. The van der Waals surface area contributed by atoms with Crippen LogP contribution >= 0.6 is 0 Å². The Morgan fingerprint density at radius 3 is 2.71 bits per heavy atom. The number of esters is 1. The number of rotatable bonds is 5. The highest BCUT2D eigenvalue weighted by atomic mass is 16.5. The van der Waals surface area contributed by atoms with E-state index in [0.717, 1.165) is 0 Å². The van der Waals surface area contributed by atoms with Crippen molar-refractivity contribution in [2.45, 2.75) is 25.4 Å². The second-order valence-corrected chi connectivity index (χ2v) is 4.84. The fourth-order valence-electron chi connectivity index (χ4n) is 2.44. The molecule has 0 radical (unpaired) electrons. The lowest BCUT2D eigenvalue weighted by molar-refractivity contribution is -0.141. The van der Waals surface area contributed by atoms with Gasteiger partial charge in [-0.05, 0) is 18.6 Å². The Morgan fingerprint density at radius 2 is 2.14 bits per heavy atom. The fraction of sp³-hybridized carbons (Fsp3) is 0.357. The number of nitrogen functional groups attached to an aromatic ring is 1. The molecule has 0 aliphatic carbocycles. The number of hydrogen-bond acceptors (Lipinski definition) is 5. The van der Waals surface area contributed by atoms with E-state index in [-0.39, 0.29) is 25.3 Å². The van der Waals surface area contributed by atoms with Crippen LogP contribution in [0.1, 0.15) is 28.8 Å². The lowest BCUT2D eigenvalue weighted by Crippen LogP contribution is -2.45. The van der Waals surface area contributed by atoms with Crippen molar-refractivity contribution in [1.29, 1.82) is 0 Å². The first-order chi connectivity index (χ1) is 9.95. The molecule has 1 atom stereocenters. The lowest BCUT2D eigenvalue weighted by atomic mass is 10.1. The quantitative estimate of drug-likeness (QED) is 0.586. The number of amides is 2. The van der Waals surface area contributed by atoms with E-state index in [4.69, 9.17) is 11.5 Å². The van der Waals surface area contributed by atoms with Crippen LogP contribution in [0.4, 0.5) is 5.69 Å². The zero-order valence-corrected chi connectivity index (χ0v) is 11.7. The van der Waals surface area contributed by atoms with Crippen molar-refractivity contribution in [3.63, 3.8) is 0 Å². The van der Waals surface area contributed by atoms with Gasteiger partial charge >= 0.3 is 5.97 Å². The number of benzene rings is 1. The van der Waals surface area contributed by atoms with Crippen LogP contribution in [-0.2, 0) is 20.9 Å². The minimum Gasteiger partial charge on any atom is -0.469 e. The summed E-state index contributed by atoms with van der Waals surface area (Å²) >= 11 is 0. The predicted molar refractivity (Wildman–Crippen MR) is 75.0 cm³/mol. The first-order valence-corrected chi connectivity index (χ1v) is 6.50. The molecule has 21 heavy (non-hydrogen) atoms. The van der Waals surface area contributed by atoms with Crippen molar-refractivity contribution < 1.29 is 19.1 Å². The molecule has 0 saturated carbocycles. The number of anilines is 1. The van der Waals surface area contributed by atoms with Crippen molar-refractivity contribution in [1.82, 2.24) is 4.90 Å². The predicted octanol–water partition coefficient (Wildman–Crippen LogP) is 0.0317. The summed E-state index contributed by atoms with van der Waals surface area (Å²) in [5.41, 5.74) is 12.9. The van der Waals surface area contributed by atoms with Crippen LogP contribution < -0.4 is 11.5 Å². The summed E-state index contributed by atoms with van der Waals surface area (Å²) in [5, 5.41) is 0. The van der Waals surface area contributed by atoms with Crippen molar-refractivity contribution in [3.05, 3.63) is 29.3 Å². The Kier molecular flexibility index (Phi) is 4.11. The van der Waals surface area contributed by atoms with Gasteiger partial charge in [0.2, 0.25) is 5.91 Å². The zero-order chi connectivity index (χ0) is 15.6. The van der Waals surface area contributed by atoms with Crippen molar-refractivity contribution in [2.24, 2.45) is 5.73 Å². The molecule has 0 saturated heterocycles. The smallest absolute Gasteiger partial charge is 0.305 e. The standard InChI is InChI=1S/C14H17N3O4/c1-21-12(18)6-5-11(13(16)19)17-7-9-8(14(17)20)3-2-4-10(9)15/h2-4,11H,5-7,15H2,1H3,(H2,16,19). The summed E-state index contributed by atoms with van der Waals surface area (Å²) in [6, 6.07) is 4.18. The molecular weight excluding hydrogens is 274 g/mol. The monoisotopic (exact) mass is 291 g/mol. The van der Waals surface area contributed by atoms with E-state index in [9.17, 15) is 14.4 Å². The van der Waals surface area contributed by atoms with Crippen LogP contribution in [0.3, 0.4) is 0 Å². The van der Waals surface area contributed by atoms with Crippen molar-refractivity contribution >= 4 is 23.5 Å². The summed E-state index contributed by atoms with van der Waals surface area (Å²) in [4.78, 5) is 36.5. The average Bonchev–Trinajstić information content (AvgIpc) is 2.78. The van der Waals surface area contributed by atoms with Crippen molar-refractivity contribution in [3.8, 4) is 0 Å². The van der Waals surface area contributed by atoms with E-state index < -0.39 is 17.9 Å². The Bertz CT molecular complexity index is 600. The van der Waals surface area contributed by atoms with Gasteiger partial charge in [0, 0.05) is 29.8 Å². The van der Waals surface area contributed by atoms with Crippen LogP contribution in [0.5, 0.6) is 0 Å². The normalized spacial score (nSPS) is 14.7. The van der Waals surface area contributed by atoms with Gasteiger partial charge in [-0.1, -0.05) is 6.07 Å². The number of primary amides is 1. The third-order valence-corrected chi connectivity index (χ3v) is 3.59. The molecule has 4 N–H and O–H groups in total. The molecule has 0 bridgehead atoms. The highest BCUT2D eigenvalue weighted by molar-refractivity contribution is 6.02. The van der Waals surface area contributed by atoms with Gasteiger partial charge in [-0.3, -0.25) is 14.4 Å². The number of fused-ring (bicyclic) bond motifs is 1. The summed E-state index contributed by atoms with van der Waals surface area (Å²) < 4.78 is 4.54. The number of methoxy groups -OCH3 is 1. The molecule has 1 aromatic rings. The zero-order valence-electron chi connectivity index (χ0n) is 11.7. The fourth-order valence-corrected chi connectivity index (χ4v) is 2.44. The average molecular weight is 291 g/mol. The van der Waals surface area contributed by atoms with Crippen molar-refractivity contribution in [2.75, 3.05) is 12.8 Å². The van der Waals surface area contributed by atoms with E-state index in [2.05, 4.69) is 4.74 Å². The topological polar surface area (TPSA) is 116 Å². The Hall–Kier alpha value is -2.57. The third-order valence-electron chi connectivity index (χ3n) is 3.59.